The van der Waals surface area contributed by atoms with Gasteiger partial charge < -0.3 is 9.64 Å². The molecular weight excluding hydrogens is 461 g/mol. The highest BCUT2D eigenvalue weighted by Gasteiger charge is 2.26. The fourth-order valence-corrected chi connectivity index (χ4v) is 4.28. The molecule has 0 aliphatic carbocycles. The van der Waals surface area contributed by atoms with E-state index in [0.29, 0.717) is 30.6 Å². The summed E-state index contributed by atoms with van der Waals surface area (Å²) in [5, 5.41) is 4.41. The molecular formula is C23H23ClFN7O2. The van der Waals surface area contributed by atoms with Gasteiger partial charge in [0.05, 0.1) is 18.9 Å². The maximum absolute atomic E-state index is 14.9. The Hall–Kier alpha value is -3.53. The molecule has 9 nitrogen and oxygen atoms in total. The Morgan fingerprint density at radius 3 is 2.74 bits per heavy atom. The minimum absolute atomic E-state index is 0.105. The van der Waals surface area contributed by atoms with Gasteiger partial charge in [0.2, 0.25) is 5.95 Å². The second-order valence-corrected chi connectivity index (χ2v) is 8.83. The Bertz CT molecular complexity index is 1450. The summed E-state index contributed by atoms with van der Waals surface area (Å²) < 4.78 is 24.1. The monoisotopic (exact) mass is 483 g/mol. The first-order valence-corrected chi connectivity index (χ1v) is 11.3. The first-order chi connectivity index (χ1) is 16.3. The van der Waals surface area contributed by atoms with Crippen molar-refractivity contribution in [3.8, 4) is 17.0 Å². The summed E-state index contributed by atoms with van der Waals surface area (Å²) in [5.41, 5.74) is 0.536. The van der Waals surface area contributed by atoms with E-state index in [0.717, 1.165) is 12.8 Å². The lowest BCUT2D eigenvalue weighted by atomic mass is 10.1. The molecule has 1 saturated heterocycles. The highest BCUT2D eigenvalue weighted by atomic mass is 35.5. The number of rotatable bonds is 4. The summed E-state index contributed by atoms with van der Waals surface area (Å²) in [6.07, 6.45) is 5.09. The summed E-state index contributed by atoms with van der Waals surface area (Å²) in [6, 6.07) is 4.35. The van der Waals surface area contributed by atoms with Crippen molar-refractivity contribution in [2.24, 2.45) is 14.1 Å². The van der Waals surface area contributed by atoms with Crippen molar-refractivity contribution in [2.75, 3.05) is 18.0 Å². The van der Waals surface area contributed by atoms with Crippen LogP contribution < -0.4 is 15.2 Å². The zero-order valence-corrected chi connectivity index (χ0v) is 19.8. The van der Waals surface area contributed by atoms with Crippen LogP contribution in [0.2, 0.25) is 5.02 Å². The van der Waals surface area contributed by atoms with E-state index in [1.807, 2.05) is 18.1 Å². The normalized spacial score (nSPS) is 16.3. The number of aryl methyl sites for hydroxylation is 2. The maximum atomic E-state index is 14.9. The third-order valence-electron chi connectivity index (χ3n) is 5.97. The van der Waals surface area contributed by atoms with Crippen molar-refractivity contribution < 1.29 is 9.13 Å². The van der Waals surface area contributed by atoms with Crippen molar-refractivity contribution in [3.05, 3.63) is 57.6 Å². The number of ether oxygens (including phenoxy) is 1. The Balaban J connectivity index is 1.60. The van der Waals surface area contributed by atoms with Crippen LogP contribution in [0, 0.1) is 12.7 Å². The number of benzene rings is 1. The van der Waals surface area contributed by atoms with E-state index in [1.165, 1.54) is 10.6 Å². The lowest BCUT2D eigenvalue weighted by Crippen LogP contribution is -2.42. The van der Waals surface area contributed by atoms with Crippen LogP contribution >= 0.6 is 11.6 Å². The van der Waals surface area contributed by atoms with Crippen molar-refractivity contribution in [1.82, 2.24) is 29.3 Å². The van der Waals surface area contributed by atoms with Gasteiger partial charge >= 0.3 is 0 Å². The molecule has 11 heteroatoms. The summed E-state index contributed by atoms with van der Waals surface area (Å²) in [5.74, 6) is 0.952. The Kier molecular flexibility index (Phi) is 5.68. The van der Waals surface area contributed by atoms with Crippen molar-refractivity contribution >= 4 is 28.6 Å². The van der Waals surface area contributed by atoms with Gasteiger partial charge in [0.25, 0.3) is 5.56 Å². The van der Waals surface area contributed by atoms with Gasteiger partial charge in [-0.2, -0.15) is 5.10 Å². The molecule has 0 unspecified atom stereocenters. The quantitative estimate of drug-likeness (QED) is 0.440. The van der Waals surface area contributed by atoms with Gasteiger partial charge in [-0.15, -0.1) is 0 Å². The van der Waals surface area contributed by atoms with E-state index in [1.54, 1.807) is 37.0 Å². The molecule has 0 spiro atoms. The minimum atomic E-state index is -0.546. The van der Waals surface area contributed by atoms with Gasteiger partial charge in [-0.1, -0.05) is 11.6 Å². The average Bonchev–Trinajstić information content (AvgIpc) is 3.22. The maximum Gasteiger partial charge on any atom is 0.279 e. The Labute approximate surface area is 199 Å². The smallest absolute Gasteiger partial charge is 0.279 e. The summed E-state index contributed by atoms with van der Waals surface area (Å²) in [4.78, 5) is 28.8. The van der Waals surface area contributed by atoms with Gasteiger partial charge in [0, 0.05) is 31.2 Å². The van der Waals surface area contributed by atoms with Crippen LogP contribution in [0.4, 0.5) is 10.3 Å². The number of hydrogen-bond donors (Lipinski definition) is 0. The number of halogens is 2. The van der Waals surface area contributed by atoms with Crippen LogP contribution in [0.15, 0.2) is 35.4 Å². The molecule has 5 rings (SSSR count). The first kappa shape index (κ1) is 22.3. The van der Waals surface area contributed by atoms with Gasteiger partial charge in [-0.25, -0.2) is 19.3 Å². The molecule has 0 radical (unpaired) electrons. The van der Waals surface area contributed by atoms with E-state index in [4.69, 9.17) is 21.3 Å². The lowest BCUT2D eigenvalue weighted by molar-refractivity contribution is 0.178. The van der Waals surface area contributed by atoms with Crippen LogP contribution in [-0.4, -0.2) is 48.5 Å². The van der Waals surface area contributed by atoms with Crippen LogP contribution in [0.25, 0.3) is 22.3 Å². The number of aromatic nitrogens is 6. The first-order valence-electron chi connectivity index (χ1n) is 10.9. The molecule has 1 atom stereocenters. The van der Waals surface area contributed by atoms with Crippen molar-refractivity contribution in [2.45, 2.75) is 25.9 Å². The lowest BCUT2D eigenvalue weighted by Gasteiger charge is -2.32. The Morgan fingerprint density at radius 2 is 2.00 bits per heavy atom. The number of hydrogen-bond acceptors (Lipinski definition) is 7. The van der Waals surface area contributed by atoms with Gasteiger partial charge in [0.15, 0.2) is 11.3 Å². The van der Waals surface area contributed by atoms with Crippen molar-refractivity contribution in [1.29, 1.82) is 0 Å². The molecule has 1 aliphatic rings. The Morgan fingerprint density at radius 1 is 1.18 bits per heavy atom. The van der Waals surface area contributed by atoms with Gasteiger partial charge in [-0.3, -0.25) is 14.0 Å². The summed E-state index contributed by atoms with van der Waals surface area (Å²) in [6.45, 7) is 2.91. The van der Waals surface area contributed by atoms with E-state index >= 15 is 0 Å². The molecule has 3 aromatic heterocycles. The molecule has 1 fully saturated rings. The van der Waals surface area contributed by atoms with Gasteiger partial charge in [0.1, 0.15) is 29.0 Å². The molecule has 0 amide bonds. The second-order valence-electron chi connectivity index (χ2n) is 8.39. The minimum Gasteiger partial charge on any atom is -0.485 e. The molecule has 34 heavy (non-hydrogen) atoms. The van der Waals surface area contributed by atoms with Crippen LogP contribution in [-0.2, 0) is 14.1 Å². The fourth-order valence-electron chi connectivity index (χ4n) is 4.12. The summed E-state index contributed by atoms with van der Waals surface area (Å²) >= 11 is 5.96. The number of fused-ring (bicyclic) bond motifs is 1. The van der Waals surface area contributed by atoms with E-state index in [-0.39, 0.29) is 39.0 Å². The standard InChI is InChI=1S/C23H23ClFN7O2/c1-13-27-20-19(17-7-6-14(24)9-18(17)25)28-23(29-21(20)22(33)31(13)3)32-8-4-5-15(12-32)34-16-10-26-30(2)11-16/h6-7,9-11,15H,4-5,8,12H2,1-3H3/t15-/m1/s1. The van der Waals surface area contributed by atoms with Gasteiger partial charge in [-0.05, 0) is 38.0 Å². The van der Waals surface area contributed by atoms with Crippen LogP contribution in [0.5, 0.6) is 5.75 Å². The molecule has 4 heterocycles. The van der Waals surface area contributed by atoms with E-state index in [9.17, 15) is 9.18 Å². The molecule has 1 aromatic carbocycles. The van der Waals surface area contributed by atoms with Crippen LogP contribution in [0.3, 0.4) is 0 Å². The molecule has 1 aliphatic heterocycles. The second kappa shape index (κ2) is 8.68. The molecule has 0 bridgehead atoms. The largest absolute Gasteiger partial charge is 0.485 e. The average molecular weight is 484 g/mol. The fraction of sp³-hybridized carbons (Fsp3) is 0.348. The predicted octanol–water partition coefficient (Wildman–Crippen LogP) is 3.27. The third-order valence-corrected chi connectivity index (χ3v) is 6.20. The van der Waals surface area contributed by atoms with Crippen LogP contribution in [0.1, 0.15) is 18.7 Å². The highest BCUT2D eigenvalue weighted by Crippen LogP contribution is 2.30. The number of nitrogens with zero attached hydrogens (tertiary/aromatic N) is 7. The molecule has 0 saturated carbocycles. The van der Waals surface area contributed by atoms with E-state index in [2.05, 4.69) is 15.1 Å². The number of anilines is 1. The molecule has 0 N–H and O–H groups in total. The molecule has 176 valence electrons. The zero-order chi connectivity index (χ0) is 24.0. The zero-order valence-electron chi connectivity index (χ0n) is 19.0. The highest BCUT2D eigenvalue weighted by molar-refractivity contribution is 6.30. The van der Waals surface area contributed by atoms with Crippen molar-refractivity contribution in [3.63, 3.8) is 0 Å². The third kappa shape index (κ3) is 4.09. The predicted molar refractivity (Wildman–Crippen MR) is 127 cm³/mol. The summed E-state index contributed by atoms with van der Waals surface area (Å²) in [7, 11) is 3.46. The van der Waals surface area contributed by atoms with E-state index < -0.39 is 5.82 Å². The SMILES string of the molecule is Cc1nc2c(-c3ccc(Cl)cc3F)nc(N3CCC[C@@H](Oc4cnn(C)c4)C3)nc2c(=O)n1C. The molecule has 4 aromatic rings. The topological polar surface area (TPSA) is 91.0 Å². The number of piperidine rings is 1.